The van der Waals surface area contributed by atoms with E-state index >= 15 is 0 Å². The maximum absolute atomic E-state index is 11.7. The van der Waals surface area contributed by atoms with E-state index in [1.165, 1.54) is 0 Å². The van der Waals surface area contributed by atoms with Crippen LogP contribution in [0.5, 0.6) is 0 Å². The zero-order chi connectivity index (χ0) is 13.0. The summed E-state index contributed by atoms with van der Waals surface area (Å²) in [5.74, 6) is -0.271. The number of aromatic nitrogens is 3. The molecule has 5 nitrogen and oxygen atoms in total. The molecule has 2 heterocycles. The lowest BCUT2D eigenvalue weighted by Gasteiger charge is -2.08. The molecule has 0 fully saturated rings. The molecule has 0 saturated heterocycles. The van der Waals surface area contributed by atoms with Crippen LogP contribution in [-0.4, -0.2) is 26.9 Å². The van der Waals surface area contributed by atoms with E-state index in [1.54, 1.807) is 19.2 Å². The van der Waals surface area contributed by atoms with Crippen molar-refractivity contribution in [1.29, 1.82) is 0 Å². The first kappa shape index (κ1) is 12.4. The van der Waals surface area contributed by atoms with Crippen LogP contribution in [0.2, 0.25) is 0 Å². The van der Waals surface area contributed by atoms with Crippen molar-refractivity contribution in [2.75, 3.05) is 6.61 Å². The molecule has 0 aliphatic heterocycles. The smallest absolute Gasteiger partial charge is 0.354 e. The lowest BCUT2D eigenvalue weighted by Crippen LogP contribution is -2.13. The van der Waals surface area contributed by atoms with Crippen molar-refractivity contribution in [2.45, 2.75) is 19.9 Å². The van der Waals surface area contributed by atoms with E-state index in [4.69, 9.17) is 4.74 Å². The minimum atomic E-state index is -0.271. The number of rotatable bonds is 5. The Labute approximate surface area is 106 Å². The van der Waals surface area contributed by atoms with Crippen LogP contribution in [0.25, 0.3) is 0 Å². The molecular formula is C13H17N3O2. The second-order valence-corrected chi connectivity index (χ2v) is 4.00. The molecular weight excluding hydrogens is 230 g/mol. The number of esters is 1. The van der Waals surface area contributed by atoms with Gasteiger partial charge in [-0.25, -0.2) is 4.79 Å². The molecule has 0 radical (unpaired) electrons. The van der Waals surface area contributed by atoms with Gasteiger partial charge in [0.15, 0.2) is 0 Å². The first-order chi connectivity index (χ1) is 8.72. The third-order valence-corrected chi connectivity index (χ3v) is 2.85. The summed E-state index contributed by atoms with van der Waals surface area (Å²) in [5.41, 5.74) is 1.73. The molecule has 0 saturated carbocycles. The van der Waals surface area contributed by atoms with Crippen molar-refractivity contribution in [3.63, 3.8) is 0 Å². The second-order valence-electron chi connectivity index (χ2n) is 4.00. The Morgan fingerprint density at radius 1 is 1.44 bits per heavy atom. The van der Waals surface area contributed by atoms with Gasteiger partial charge in [-0.1, -0.05) is 0 Å². The summed E-state index contributed by atoms with van der Waals surface area (Å²) in [6.45, 7) is 2.94. The van der Waals surface area contributed by atoms with Crippen molar-refractivity contribution in [1.82, 2.24) is 14.3 Å². The molecule has 0 atom stereocenters. The van der Waals surface area contributed by atoms with E-state index in [1.807, 2.05) is 34.6 Å². The zero-order valence-electron chi connectivity index (χ0n) is 10.7. The predicted molar refractivity (Wildman–Crippen MR) is 67.3 cm³/mol. The fourth-order valence-corrected chi connectivity index (χ4v) is 1.88. The summed E-state index contributed by atoms with van der Waals surface area (Å²) in [6, 6.07) is 5.62. The SMILES string of the molecule is CCOC(=O)c1cccn1CCc1ccnn1C. The first-order valence-electron chi connectivity index (χ1n) is 6.01. The highest BCUT2D eigenvalue weighted by Crippen LogP contribution is 2.07. The van der Waals surface area contributed by atoms with Gasteiger partial charge in [0.05, 0.1) is 6.61 Å². The monoisotopic (exact) mass is 247 g/mol. The van der Waals surface area contributed by atoms with Crippen molar-refractivity contribution in [2.24, 2.45) is 7.05 Å². The van der Waals surface area contributed by atoms with Gasteiger partial charge >= 0.3 is 5.97 Å². The molecule has 96 valence electrons. The third kappa shape index (κ3) is 2.61. The molecule has 0 aliphatic rings. The summed E-state index contributed by atoms with van der Waals surface area (Å²) in [5, 5.41) is 4.12. The zero-order valence-corrected chi connectivity index (χ0v) is 10.7. The van der Waals surface area contributed by atoms with Gasteiger partial charge in [-0.05, 0) is 25.1 Å². The lowest BCUT2D eigenvalue weighted by atomic mass is 10.3. The highest BCUT2D eigenvalue weighted by molar-refractivity contribution is 5.87. The molecule has 0 aromatic carbocycles. The molecule has 0 amide bonds. The fraction of sp³-hybridized carbons (Fsp3) is 0.385. The van der Waals surface area contributed by atoms with Crippen LogP contribution in [-0.2, 0) is 24.8 Å². The Morgan fingerprint density at radius 3 is 2.94 bits per heavy atom. The van der Waals surface area contributed by atoms with Crippen LogP contribution in [0.4, 0.5) is 0 Å². The van der Waals surface area contributed by atoms with Gasteiger partial charge < -0.3 is 9.30 Å². The largest absolute Gasteiger partial charge is 0.461 e. The summed E-state index contributed by atoms with van der Waals surface area (Å²) in [7, 11) is 1.91. The molecule has 0 bridgehead atoms. The maximum atomic E-state index is 11.7. The summed E-state index contributed by atoms with van der Waals surface area (Å²) in [4.78, 5) is 11.7. The molecule has 18 heavy (non-hydrogen) atoms. The van der Waals surface area contributed by atoms with E-state index in [2.05, 4.69) is 5.10 Å². The fourth-order valence-electron chi connectivity index (χ4n) is 1.88. The topological polar surface area (TPSA) is 49.1 Å². The first-order valence-corrected chi connectivity index (χ1v) is 6.01. The van der Waals surface area contributed by atoms with Gasteiger partial charge in [-0.2, -0.15) is 5.10 Å². The Morgan fingerprint density at radius 2 is 2.28 bits per heavy atom. The molecule has 5 heteroatoms. The van der Waals surface area contributed by atoms with Crippen molar-refractivity contribution < 1.29 is 9.53 Å². The van der Waals surface area contributed by atoms with Gasteiger partial charge in [0.25, 0.3) is 0 Å². The van der Waals surface area contributed by atoms with Crippen molar-refractivity contribution in [3.8, 4) is 0 Å². The van der Waals surface area contributed by atoms with Crippen molar-refractivity contribution >= 4 is 5.97 Å². The quantitative estimate of drug-likeness (QED) is 0.755. The van der Waals surface area contributed by atoms with Gasteiger partial charge in [0, 0.05) is 38.1 Å². The van der Waals surface area contributed by atoms with Crippen LogP contribution in [0.15, 0.2) is 30.6 Å². The molecule has 0 spiro atoms. The normalized spacial score (nSPS) is 10.6. The van der Waals surface area contributed by atoms with Crippen LogP contribution < -0.4 is 0 Å². The Balaban J connectivity index is 2.04. The average Bonchev–Trinajstić information content (AvgIpc) is 2.95. The summed E-state index contributed by atoms with van der Waals surface area (Å²) >= 11 is 0. The highest BCUT2D eigenvalue weighted by atomic mass is 16.5. The Kier molecular flexibility index (Phi) is 3.82. The van der Waals surface area contributed by atoms with Gasteiger partial charge in [-0.3, -0.25) is 4.68 Å². The summed E-state index contributed by atoms with van der Waals surface area (Å²) < 4.78 is 8.76. The van der Waals surface area contributed by atoms with Crippen molar-refractivity contribution in [3.05, 3.63) is 42.0 Å². The van der Waals surface area contributed by atoms with Gasteiger partial charge in [-0.15, -0.1) is 0 Å². The minimum Gasteiger partial charge on any atom is -0.461 e. The number of nitrogens with zero attached hydrogens (tertiary/aromatic N) is 3. The van der Waals surface area contributed by atoms with Crippen LogP contribution in [0.3, 0.4) is 0 Å². The predicted octanol–water partition coefficient (Wildman–Crippen LogP) is 1.64. The molecule has 0 N–H and O–H groups in total. The van der Waals surface area contributed by atoms with Gasteiger partial charge in [0.2, 0.25) is 0 Å². The standard InChI is InChI=1S/C13H17N3O2/c1-3-18-13(17)12-5-4-9-16(12)10-7-11-6-8-14-15(11)2/h4-6,8-9H,3,7,10H2,1-2H3. The Bertz CT molecular complexity index is 528. The summed E-state index contributed by atoms with van der Waals surface area (Å²) in [6.07, 6.45) is 4.50. The van der Waals surface area contributed by atoms with E-state index in [9.17, 15) is 4.79 Å². The van der Waals surface area contributed by atoms with Gasteiger partial charge in [0.1, 0.15) is 5.69 Å². The molecule has 0 aliphatic carbocycles. The van der Waals surface area contributed by atoms with E-state index < -0.39 is 0 Å². The van der Waals surface area contributed by atoms with Crippen LogP contribution in [0, 0.1) is 0 Å². The number of aryl methyl sites for hydroxylation is 3. The van der Waals surface area contributed by atoms with E-state index in [0.717, 1.165) is 18.7 Å². The second kappa shape index (κ2) is 5.53. The molecule has 2 rings (SSSR count). The molecule has 2 aromatic rings. The van der Waals surface area contributed by atoms with Crippen LogP contribution >= 0.6 is 0 Å². The van der Waals surface area contributed by atoms with E-state index in [0.29, 0.717) is 12.3 Å². The molecule has 0 unspecified atom stereocenters. The maximum Gasteiger partial charge on any atom is 0.354 e. The minimum absolute atomic E-state index is 0.271. The number of carbonyl (C=O) groups is 1. The average molecular weight is 247 g/mol. The number of hydrogen-bond acceptors (Lipinski definition) is 3. The lowest BCUT2D eigenvalue weighted by molar-refractivity contribution is 0.0513. The number of ether oxygens (including phenoxy) is 1. The third-order valence-electron chi connectivity index (χ3n) is 2.85. The number of carbonyl (C=O) groups excluding carboxylic acids is 1. The molecule has 2 aromatic heterocycles. The highest BCUT2D eigenvalue weighted by Gasteiger charge is 2.11. The number of hydrogen-bond donors (Lipinski definition) is 0. The Hall–Kier alpha value is -2.04. The van der Waals surface area contributed by atoms with Crippen LogP contribution in [0.1, 0.15) is 23.1 Å². The van der Waals surface area contributed by atoms with E-state index in [-0.39, 0.29) is 5.97 Å².